The van der Waals surface area contributed by atoms with Crippen molar-refractivity contribution < 1.29 is 18.1 Å². The van der Waals surface area contributed by atoms with Crippen LogP contribution in [0, 0.1) is 17.3 Å². The minimum absolute atomic E-state index is 0.0363. The van der Waals surface area contributed by atoms with Crippen LogP contribution in [0.4, 0.5) is 0 Å². The van der Waals surface area contributed by atoms with Crippen LogP contribution in [0.3, 0.4) is 0 Å². The van der Waals surface area contributed by atoms with E-state index < -0.39 is 12.2 Å². The topological polar surface area (TPSA) is 60.7 Å². The van der Waals surface area contributed by atoms with Gasteiger partial charge in [-0.05, 0) is 78.5 Å². The molecule has 0 bridgehead atoms. The number of aliphatic hydroxyl groups excluding tert-OH is 2. The first-order chi connectivity index (χ1) is 10.8. The van der Waals surface area contributed by atoms with Gasteiger partial charge in [-0.2, -0.15) is 0 Å². The van der Waals surface area contributed by atoms with Gasteiger partial charge in [0.25, 0.3) is 0 Å². The monoisotopic (exact) mass is 290 g/mol. The number of rotatable bonds is 0. The van der Waals surface area contributed by atoms with E-state index in [1.165, 1.54) is 0 Å². The van der Waals surface area contributed by atoms with Crippen LogP contribution in [0.15, 0.2) is 18.2 Å². The van der Waals surface area contributed by atoms with E-state index in [4.69, 9.17) is 2.74 Å². The molecule has 4 unspecified atom stereocenters. The van der Waals surface area contributed by atoms with Crippen LogP contribution in [-0.4, -0.2) is 27.5 Å². The molecule has 0 heterocycles. The number of fused-ring (bicyclic) bond motifs is 5. The van der Waals surface area contributed by atoms with Gasteiger partial charge < -0.3 is 15.3 Å². The Hall–Kier alpha value is -1.06. The fraction of sp³-hybridized carbons (Fsp3) is 0.667. The molecule has 21 heavy (non-hydrogen) atoms. The summed E-state index contributed by atoms with van der Waals surface area (Å²) in [7, 11) is 0. The van der Waals surface area contributed by atoms with Crippen molar-refractivity contribution in [2.24, 2.45) is 17.3 Å². The Bertz CT molecular complexity index is 662. The van der Waals surface area contributed by atoms with Crippen LogP contribution in [0.2, 0.25) is 0 Å². The zero-order valence-electron chi connectivity index (χ0n) is 14.3. The maximum Gasteiger partial charge on any atom is 0.115 e. The Morgan fingerprint density at radius 3 is 2.95 bits per heavy atom. The van der Waals surface area contributed by atoms with Crippen LogP contribution < -0.4 is 0 Å². The Kier molecular flexibility index (Phi) is 2.45. The summed E-state index contributed by atoms with van der Waals surface area (Å²) in [5.74, 6) is 0.741. The summed E-state index contributed by atoms with van der Waals surface area (Å²) in [5, 5.41) is 30.5. The van der Waals surface area contributed by atoms with Crippen LogP contribution >= 0.6 is 0 Å². The largest absolute Gasteiger partial charge is 0.508 e. The Balaban J connectivity index is 1.76. The van der Waals surface area contributed by atoms with Gasteiger partial charge in [0.15, 0.2) is 0 Å². The summed E-state index contributed by atoms with van der Waals surface area (Å²) in [4.78, 5) is 0. The summed E-state index contributed by atoms with van der Waals surface area (Å²) in [6.07, 6.45) is 2.81. The average Bonchev–Trinajstić information content (AvgIpc) is 2.76. The number of phenolic OH excluding ortho intramolecular Hbond substituents is 1. The highest BCUT2D eigenvalue weighted by atomic mass is 16.3. The van der Waals surface area contributed by atoms with E-state index in [0.29, 0.717) is 12.3 Å². The van der Waals surface area contributed by atoms with E-state index >= 15 is 0 Å². The van der Waals surface area contributed by atoms with Gasteiger partial charge in [0.2, 0.25) is 0 Å². The van der Waals surface area contributed by atoms with Crippen LogP contribution in [-0.2, 0) is 6.42 Å². The Labute approximate surface area is 128 Å². The fourth-order valence-corrected chi connectivity index (χ4v) is 5.40. The molecule has 0 aromatic heterocycles. The Morgan fingerprint density at radius 1 is 1.33 bits per heavy atom. The number of benzene rings is 1. The van der Waals surface area contributed by atoms with Crippen molar-refractivity contribution in [3.05, 3.63) is 29.3 Å². The summed E-state index contributed by atoms with van der Waals surface area (Å²) in [6, 6.07) is 1.89. The highest BCUT2D eigenvalue weighted by Gasteiger charge is 2.57. The summed E-state index contributed by atoms with van der Waals surface area (Å²) in [5.41, 5.74) is 1.72. The second kappa shape index (κ2) is 4.47. The summed E-state index contributed by atoms with van der Waals surface area (Å²) in [6.45, 7) is 2.10. The lowest BCUT2D eigenvalue weighted by atomic mass is 9.55. The summed E-state index contributed by atoms with van der Waals surface area (Å²) >= 11 is 0. The van der Waals surface area contributed by atoms with Crippen LogP contribution in [0.1, 0.15) is 52.4 Å². The molecule has 0 spiro atoms. The number of phenols is 1. The van der Waals surface area contributed by atoms with Crippen molar-refractivity contribution in [2.75, 3.05) is 0 Å². The maximum atomic E-state index is 10.4. The van der Waals surface area contributed by atoms with E-state index in [0.717, 1.165) is 36.8 Å². The average molecular weight is 290 g/mol. The van der Waals surface area contributed by atoms with Gasteiger partial charge in [0.1, 0.15) is 5.75 Å². The lowest BCUT2D eigenvalue weighted by Crippen LogP contribution is -2.44. The molecule has 2 fully saturated rings. The lowest BCUT2D eigenvalue weighted by Gasteiger charge is -2.49. The molecule has 3 aliphatic rings. The standard InChI is InChI=1S/C18H24O3/c1-18-7-6-13-12-5-3-11(19)8-10(12)2-4-14(13)15(18)9-16(20)17(18)21/h3,5,8,13-17,19-21H,2,4,6-7,9H2,1H3/t13?,14?,15?,16-,17-,18?/m0/s1/i3D,8D. The Morgan fingerprint density at radius 2 is 2.14 bits per heavy atom. The predicted molar refractivity (Wildman–Crippen MR) is 80.1 cm³/mol. The summed E-state index contributed by atoms with van der Waals surface area (Å²) < 4.78 is 16.0. The van der Waals surface area contributed by atoms with E-state index in [1.54, 1.807) is 6.07 Å². The zero-order valence-corrected chi connectivity index (χ0v) is 12.3. The molecule has 1 aromatic rings. The first-order valence-electron chi connectivity index (χ1n) is 9.02. The van der Waals surface area contributed by atoms with Crippen LogP contribution in [0.25, 0.3) is 0 Å². The molecule has 0 amide bonds. The van der Waals surface area contributed by atoms with Gasteiger partial charge in [0, 0.05) is 0 Å². The minimum atomic E-state index is -0.645. The highest BCUT2D eigenvalue weighted by Crippen LogP contribution is 2.60. The molecule has 3 N–H and O–H groups in total. The predicted octanol–water partition coefficient (Wildman–Crippen LogP) is 2.58. The van der Waals surface area contributed by atoms with Crippen molar-refractivity contribution >= 4 is 0 Å². The molecule has 4 rings (SSSR count). The van der Waals surface area contributed by atoms with E-state index in [9.17, 15) is 15.3 Å². The van der Waals surface area contributed by atoms with Crippen molar-refractivity contribution in [1.82, 2.24) is 0 Å². The minimum Gasteiger partial charge on any atom is -0.508 e. The molecule has 0 radical (unpaired) electrons. The molecule has 1 aromatic carbocycles. The van der Waals surface area contributed by atoms with Crippen molar-refractivity contribution in [2.45, 2.75) is 57.2 Å². The maximum absolute atomic E-state index is 10.4. The molecule has 3 aliphatic carbocycles. The number of aromatic hydroxyl groups is 1. The fourth-order valence-electron chi connectivity index (χ4n) is 5.40. The molecule has 3 heteroatoms. The van der Waals surface area contributed by atoms with Gasteiger partial charge >= 0.3 is 0 Å². The number of aliphatic hydroxyl groups is 2. The molecule has 6 atom stereocenters. The molecule has 0 aliphatic heterocycles. The first kappa shape index (κ1) is 11.5. The van der Waals surface area contributed by atoms with E-state index in [-0.39, 0.29) is 35.1 Å². The molecular formula is C18H24O3. The molecular weight excluding hydrogens is 264 g/mol. The number of hydrogen-bond acceptors (Lipinski definition) is 3. The highest BCUT2D eigenvalue weighted by molar-refractivity contribution is 5.40. The molecule has 2 saturated carbocycles. The molecule has 3 nitrogen and oxygen atoms in total. The second-order valence-electron chi connectivity index (χ2n) is 7.40. The third kappa shape index (κ3) is 1.80. The van der Waals surface area contributed by atoms with Crippen molar-refractivity contribution in [3.63, 3.8) is 0 Å². The van der Waals surface area contributed by atoms with Crippen LogP contribution in [0.5, 0.6) is 5.75 Å². The van der Waals surface area contributed by atoms with Gasteiger partial charge in [-0.25, -0.2) is 0 Å². The first-order valence-corrected chi connectivity index (χ1v) is 8.02. The molecule has 0 saturated heterocycles. The lowest BCUT2D eigenvalue weighted by molar-refractivity contribution is -0.0505. The second-order valence-corrected chi connectivity index (χ2v) is 7.40. The van der Waals surface area contributed by atoms with E-state index in [1.807, 2.05) is 0 Å². The normalized spacial score (nSPS) is 46.1. The third-order valence-corrected chi connectivity index (χ3v) is 6.52. The van der Waals surface area contributed by atoms with Gasteiger partial charge in [-0.3, -0.25) is 0 Å². The quantitative estimate of drug-likeness (QED) is 0.688. The van der Waals surface area contributed by atoms with Gasteiger partial charge in [-0.1, -0.05) is 13.0 Å². The zero-order chi connectivity index (χ0) is 16.5. The van der Waals surface area contributed by atoms with Crippen molar-refractivity contribution in [3.8, 4) is 5.75 Å². The molecule has 114 valence electrons. The number of hydrogen-bond donors (Lipinski definition) is 3. The van der Waals surface area contributed by atoms with E-state index in [2.05, 4.69) is 6.92 Å². The smallest absolute Gasteiger partial charge is 0.115 e. The van der Waals surface area contributed by atoms with Crippen molar-refractivity contribution in [1.29, 1.82) is 0 Å². The SMILES string of the molecule is [2H]c1cc2c(c([2H])c1O)CCC1C2CCC2(C)C1C[C@H](O)[C@@H]2O. The van der Waals surface area contributed by atoms with Gasteiger partial charge in [0.05, 0.1) is 14.9 Å². The third-order valence-electron chi connectivity index (χ3n) is 6.52. The van der Waals surface area contributed by atoms with Gasteiger partial charge in [-0.15, -0.1) is 0 Å².